The third kappa shape index (κ3) is 8.48. The molecule has 0 bridgehead atoms. The second-order valence-corrected chi connectivity index (χ2v) is 2.65. The van der Waals surface area contributed by atoms with Crippen molar-refractivity contribution in [2.24, 2.45) is 0 Å². The molecule has 0 aromatic rings. The van der Waals surface area contributed by atoms with Crippen LogP contribution in [0.5, 0.6) is 0 Å². The minimum atomic E-state index is -1.17. The number of esters is 1. The van der Waals surface area contributed by atoms with Crippen molar-refractivity contribution in [1.29, 1.82) is 0 Å². The molecule has 15 heavy (non-hydrogen) atoms. The number of carboxylic acid groups (broad SMARTS) is 1. The number of nitrogens with one attached hydrogen (secondary N) is 1. The molecule has 1 amide bonds. The average molecular weight is 215 g/mol. The zero-order chi connectivity index (χ0) is 11.7. The highest BCUT2D eigenvalue weighted by atomic mass is 16.5. The Labute approximate surface area is 86.9 Å². The molecule has 0 saturated carbocycles. The van der Waals surface area contributed by atoms with Crippen molar-refractivity contribution in [3.8, 4) is 0 Å². The summed E-state index contributed by atoms with van der Waals surface area (Å²) in [6.07, 6.45) is 3.31. The largest absolute Gasteiger partial charge is 0.478 e. The molecule has 0 atom stereocenters. The lowest BCUT2D eigenvalue weighted by molar-refractivity contribution is -0.136. The lowest BCUT2D eigenvalue weighted by atomic mass is 10.4. The first-order chi connectivity index (χ1) is 7.06. The van der Waals surface area contributed by atoms with Crippen LogP contribution in [0.3, 0.4) is 0 Å². The molecule has 1 saturated heterocycles. The summed E-state index contributed by atoms with van der Waals surface area (Å²) < 4.78 is 4.11. The fourth-order valence-electron chi connectivity index (χ4n) is 0.773. The zero-order valence-electron chi connectivity index (χ0n) is 8.36. The maximum atomic E-state index is 10.1. The molecule has 2 N–H and O–H groups in total. The van der Waals surface area contributed by atoms with Gasteiger partial charge in [-0.25, -0.2) is 9.59 Å². The SMILES string of the molecule is COC(=O)/C=C\C(=O)O.O=C1CCCN1. The summed E-state index contributed by atoms with van der Waals surface area (Å²) in [6, 6.07) is 0. The number of amides is 1. The van der Waals surface area contributed by atoms with E-state index in [1.165, 1.54) is 7.11 Å². The summed E-state index contributed by atoms with van der Waals surface area (Å²) >= 11 is 0. The molecule has 0 aliphatic carbocycles. The molecule has 1 aliphatic heterocycles. The highest BCUT2D eigenvalue weighted by molar-refractivity contribution is 5.90. The number of hydrogen-bond acceptors (Lipinski definition) is 4. The Morgan fingerprint density at radius 2 is 2.13 bits per heavy atom. The van der Waals surface area contributed by atoms with Gasteiger partial charge in [0.2, 0.25) is 5.91 Å². The molecule has 0 unspecified atom stereocenters. The summed E-state index contributed by atoms with van der Waals surface area (Å²) in [5.41, 5.74) is 0. The second kappa shape index (κ2) is 7.54. The topological polar surface area (TPSA) is 92.7 Å². The summed E-state index contributed by atoms with van der Waals surface area (Å²) in [7, 11) is 1.18. The highest BCUT2D eigenvalue weighted by Gasteiger charge is 2.05. The monoisotopic (exact) mass is 215 g/mol. The molecule has 6 heteroatoms. The van der Waals surface area contributed by atoms with Gasteiger partial charge < -0.3 is 15.2 Å². The lowest BCUT2D eigenvalue weighted by Crippen LogP contribution is -2.12. The normalized spacial score (nSPS) is 14.1. The lowest BCUT2D eigenvalue weighted by Gasteiger charge is -1.85. The van der Waals surface area contributed by atoms with Crippen LogP contribution in [-0.2, 0) is 19.1 Å². The molecule has 0 spiro atoms. The Hall–Kier alpha value is -1.85. The number of carbonyl (C=O) groups excluding carboxylic acids is 2. The van der Waals surface area contributed by atoms with Gasteiger partial charge in [0.25, 0.3) is 0 Å². The van der Waals surface area contributed by atoms with Gasteiger partial charge in [-0.1, -0.05) is 0 Å². The molecule has 0 radical (unpaired) electrons. The fourth-order valence-corrected chi connectivity index (χ4v) is 0.773. The van der Waals surface area contributed by atoms with E-state index in [9.17, 15) is 14.4 Å². The minimum Gasteiger partial charge on any atom is -0.478 e. The predicted molar refractivity (Wildman–Crippen MR) is 51.0 cm³/mol. The predicted octanol–water partition coefficient (Wildman–Crippen LogP) is -0.303. The molecule has 6 nitrogen and oxygen atoms in total. The second-order valence-electron chi connectivity index (χ2n) is 2.65. The van der Waals surface area contributed by atoms with E-state index in [0.29, 0.717) is 6.08 Å². The van der Waals surface area contributed by atoms with Gasteiger partial charge in [-0.05, 0) is 6.42 Å². The van der Waals surface area contributed by atoms with E-state index in [2.05, 4.69) is 10.1 Å². The fraction of sp³-hybridized carbons (Fsp3) is 0.444. The summed E-state index contributed by atoms with van der Waals surface area (Å²) in [6.45, 7) is 0.888. The van der Waals surface area contributed by atoms with Gasteiger partial charge in [-0.15, -0.1) is 0 Å². The number of carboxylic acids is 1. The van der Waals surface area contributed by atoms with Crippen LogP contribution in [0.25, 0.3) is 0 Å². The third-order valence-corrected chi connectivity index (χ3v) is 1.47. The van der Waals surface area contributed by atoms with Crippen molar-refractivity contribution in [3.05, 3.63) is 12.2 Å². The van der Waals surface area contributed by atoms with Gasteiger partial charge >= 0.3 is 11.9 Å². The van der Waals surface area contributed by atoms with Gasteiger partial charge in [0.15, 0.2) is 0 Å². The maximum absolute atomic E-state index is 10.1. The van der Waals surface area contributed by atoms with Crippen LogP contribution in [0.2, 0.25) is 0 Å². The van der Waals surface area contributed by atoms with E-state index in [-0.39, 0.29) is 5.91 Å². The number of methoxy groups -OCH3 is 1. The minimum absolute atomic E-state index is 0.204. The number of carbonyl (C=O) groups is 3. The first-order valence-electron chi connectivity index (χ1n) is 4.32. The number of hydrogen-bond donors (Lipinski definition) is 2. The number of aliphatic carboxylic acids is 1. The highest BCUT2D eigenvalue weighted by Crippen LogP contribution is 1.93. The van der Waals surface area contributed by atoms with Crippen LogP contribution in [0.15, 0.2) is 12.2 Å². The Bertz CT molecular complexity index is 264. The van der Waals surface area contributed by atoms with Crippen molar-refractivity contribution in [2.45, 2.75) is 12.8 Å². The van der Waals surface area contributed by atoms with Gasteiger partial charge in [0.1, 0.15) is 0 Å². The van der Waals surface area contributed by atoms with Gasteiger partial charge in [0, 0.05) is 25.1 Å². The van der Waals surface area contributed by atoms with Crippen LogP contribution in [0.4, 0.5) is 0 Å². The molecular weight excluding hydrogens is 202 g/mol. The van der Waals surface area contributed by atoms with E-state index < -0.39 is 11.9 Å². The summed E-state index contributed by atoms with van der Waals surface area (Å²) in [4.78, 5) is 30.0. The first kappa shape index (κ1) is 13.2. The van der Waals surface area contributed by atoms with Crippen LogP contribution in [0, 0.1) is 0 Å². The van der Waals surface area contributed by atoms with E-state index >= 15 is 0 Å². The smallest absolute Gasteiger partial charge is 0.330 e. The van der Waals surface area contributed by atoms with Crippen molar-refractivity contribution in [3.63, 3.8) is 0 Å². The first-order valence-corrected chi connectivity index (χ1v) is 4.32. The molecule has 1 heterocycles. The van der Waals surface area contributed by atoms with Gasteiger partial charge in [-0.2, -0.15) is 0 Å². The molecular formula is C9H13NO5. The van der Waals surface area contributed by atoms with Gasteiger partial charge in [-0.3, -0.25) is 4.79 Å². The van der Waals surface area contributed by atoms with Crippen molar-refractivity contribution >= 4 is 17.8 Å². The molecule has 1 fully saturated rings. The van der Waals surface area contributed by atoms with Crippen LogP contribution < -0.4 is 5.32 Å². The van der Waals surface area contributed by atoms with Crippen molar-refractivity contribution in [1.82, 2.24) is 5.32 Å². The molecule has 0 aromatic carbocycles. The quantitative estimate of drug-likeness (QED) is 0.487. The van der Waals surface area contributed by atoms with Crippen LogP contribution >= 0.6 is 0 Å². The Morgan fingerprint density at radius 3 is 2.40 bits per heavy atom. The summed E-state index contributed by atoms with van der Waals surface area (Å²) in [5, 5.41) is 10.6. The average Bonchev–Trinajstić information content (AvgIpc) is 2.66. The molecule has 0 aromatic heterocycles. The number of rotatable bonds is 2. The standard InChI is InChI=1S/C5H6O4.C4H7NO/c1-9-5(8)3-2-4(6)7;6-4-2-1-3-5-4/h2-3H,1H3,(H,6,7);1-3H2,(H,5,6)/b3-2-;. The van der Waals surface area contributed by atoms with E-state index in [1.807, 2.05) is 0 Å². The third-order valence-electron chi connectivity index (χ3n) is 1.47. The summed E-state index contributed by atoms with van der Waals surface area (Å²) in [5.74, 6) is -1.63. The maximum Gasteiger partial charge on any atom is 0.330 e. The van der Waals surface area contributed by atoms with E-state index in [4.69, 9.17) is 5.11 Å². The zero-order valence-corrected chi connectivity index (χ0v) is 8.36. The molecule has 1 rings (SSSR count). The van der Waals surface area contributed by atoms with Crippen molar-refractivity contribution < 1.29 is 24.2 Å². The van der Waals surface area contributed by atoms with Gasteiger partial charge in [0.05, 0.1) is 7.11 Å². The van der Waals surface area contributed by atoms with Crippen molar-refractivity contribution in [2.75, 3.05) is 13.7 Å². The van der Waals surface area contributed by atoms with E-state index in [1.54, 1.807) is 0 Å². The van der Waals surface area contributed by atoms with Crippen LogP contribution in [0.1, 0.15) is 12.8 Å². The van der Waals surface area contributed by atoms with E-state index in [0.717, 1.165) is 25.5 Å². The Balaban J connectivity index is 0.000000280. The Kier molecular flexibility index (Phi) is 6.61. The van der Waals surface area contributed by atoms with Crippen LogP contribution in [-0.4, -0.2) is 36.6 Å². The number of ether oxygens (including phenoxy) is 1. The molecule has 1 aliphatic rings. The Morgan fingerprint density at radius 1 is 1.47 bits per heavy atom. The molecule has 84 valence electrons.